The summed E-state index contributed by atoms with van der Waals surface area (Å²) in [4.78, 5) is 2.27. The highest BCUT2D eigenvalue weighted by atomic mass is 32.2. The topological polar surface area (TPSA) is 85.5 Å². The summed E-state index contributed by atoms with van der Waals surface area (Å²) in [6, 6.07) is 0. The van der Waals surface area contributed by atoms with Crippen molar-refractivity contribution in [3.8, 4) is 0 Å². The Morgan fingerprint density at radius 2 is 2.24 bits per heavy atom. The quantitative estimate of drug-likeness (QED) is 0.856. The maximum atomic E-state index is 12.4. The zero-order valence-electron chi connectivity index (χ0n) is 12.5. The Morgan fingerprint density at radius 1 is 1.48 bits per heavy atom. The van der Waals surface area contributed by atoms with Gasteiger partial charge in [0.05, 0.1) is 11.9 Å². The molecule has 8 heteroatoms. The molecule has 0 amide bonds. The van der Waals surface area contributed by atoms with Gasteiger partial charge >= 0.3 is 0 Å². The van der Waals surface area contributed by atoms with E-state index in [0.717, 1.165) is 19.4 Å². The van der Waals surface area contributed by atoms with Crippen molar-refractivity contribution in [3.05, 3.63) is 0 Å². The number of sulfone groups is 1. The third kappa shape index (κ3) is 3.67. The number of ether oxygens (including phenoxy) is 1. The van der Waals surface area contributed by atoms with Gasteiger partial charge in [0, 0.05) is 19.7 Å². The Hall–Kier alpha value is -0.860. The summed E-state index contributed by atoms with van der Waals surface area (Å²) in [5, 5.41) is 0.672. The molecule has 1 aliphatic rings. The van der Waals surface area contributed by atoms with E-state index >= 15 is 0 Å². The molecule has 0 spiro atoms. The number of hydrogen-bond donors (Lipinski definition) is 1. The molecule has 1 aromatic heterocycles. The number of anilines is 2. The molecule has 1 atom stereocenters. The number of nitrogens with zero attached hydrogens (tertiary/aromatic N) is 2. The minimum absolute atomic E-state index is 0.103. The second-order valence-electron chi connectivity index (χ2n) is 5.19. The molecule has 2 rings (SSSR count). The molecule has 1 unspecified atom stereocenters. The molecule has 0 radical (unpaired) electrons. The van der Waals surface area contributed by atoms with Gasteiger partial charge in [0.2, 0.25) is 0 Å². The van der Waals surface area contributed by atoms with Gasteiger partial charge in [0.15, 0.2) is 15.7 Å². The normalized spacial score (nSPS) is 19.9. The monoisotopic (exact) mass is 333 g/mol. The molecule has 1 saturated heterocycles. The van der Waals surface area contributed by atoms with Gasteiger partial charge in [-0.05, 0) is 37.7 Å². The fourth-order valence-corrected chi connectivity index (χ4v) is 5.44. The number of hydrogen-bond acceptors (Lipinski definition) is 7. The fraction of sp³-hybridized carbons (Fsp3) is 0.769. The molecule has 1 aliphatic heterocycles. The maximum absolute atomic E-state index is 12.4. The highest BCUT2D eigenvalue weighted by Crippen LogP contribution is 2.37. The minimum atomic E-state index is -3.37. The first-order valence-electron chi connectivity index (χ1n) is 7.34. The number of rotatable bonds is 6. The summed E-state index contributed by atoms with van der Waals surface area (Å²) in [6.07, 6.45) is 2.71. The molecule has 1 aromatic rings. The number of aromatic nitrogens is 1. The smallest absolute Gasteiger partial charge is 0.185 e. The standard InChI is InChI=1S/C13H23N3O3S2/c1-3-8-21(17,18)11-12(14)15-20-13(11)16-7-5-6-10(9-16)19-4-2/h10H,3-9H2,1-2H3,(H2,14,15). The summed E-state index contributed by atoms with van der Waals surface area (Å²) in [7, 11) is -3.37. The van der Waals surface area contributed by atoms with Crippen molar-refractivity contribution in [2.75, 3.05) is 36.1 Å². The van der Waals surface area contributed by atoms with Crippen molar-refractivity contribution in [3.63, 3.8) is 0 Å². The number of nitrogens with two attached hydrogens (primary N) is 1. The van der Waals surface area contributed by atoms with Crippen LogP contribution in [0.4, 0.5) is 10.8 Å². The zero-order chi connectivity index (χ0) is 15.5. The predicted octanol–water partition coefficient (Wildman–Crippen LogP) is 1.91. The summed E-state index contributed by atoms with van der Waals surface area (Å²) < 4.78 is 34.6. The number of nitrogen functional groups attached to an aromatic ring is 1. The van der Waals surface area contributed by atoms with Crippen LogP contribution in [0.15, 0.2) is 4.90 Å². The third-order valence-electron chi connectivity index (χ3n) is 3.51. The Bertz CT molecular complexity index is 569. The first-order chi connectivity index (χ1) is 9.99. The largest absolute Gasteiger partial charge is 0.382 e. The first-order valence-corrected chi connectivity index (χ1v) is 9.76. The Kier molecular flexibility index (Phi) is 5.45. The van der Waals surface area contributed by atoms with Crippen molar-refractivity contribution < 1.29 is 13.2 Å². The third-order valence-corrected chi connectivity index (χ3v) is 6.53. The molecule has 0 aromatic carbocycles. The van der Waals surface area contributed by atoms with E-state index in [0.29, 0.717) is 24.6 Å². The molecule has 6 nitrogen and oxygen atoms in total. The van der Waals surface area contributed by atoms with Crippen LogP contribution < -0.4 is 10.6 Å². The molecule has 2 N–H and O–H groups in total. The molecular weight excluding hydrogens is 310 g/mol. The Morgan fingerprint density at radius 3 is 2.90 bits per heavy atom. The average Bonchev–Trinajstić information content (AvgIpc) is 2.82. The highest BCUT2D eigenvalue weighted by molar-refractivity contribution is 7.91. The van der Waals surface area contributed by atoms with E-state index in [2.05, 4.69) is 9.27 Å². The molecule has 1 fully saturated rings. The lowest BCUT2D eigenvalue weighted by molar-refractivity contribution is 0.0527. The van der Waals surface area contributed by atoms with Crippen LogP contribution in [0.25, 0.3) is 0 Å². The lowest BCUT2D eigenvalue weighted by Gasteiger charge is -2.33. The van der Waals surface area contributed by atoms with Gasteiger partial charge in [-0.2, -0.15) is 4.37 Å². The van der Waals surface area contributed by atoms with Crippen molar-refractivity contribution in [1.82, 2.24) is 4.37 Å². The van der Waals surface area contributed by atoms with Crippen LogP contribution in [0.1, 0.15) is 33.1 Å². The second kappa shape index (κ2) is 6.93. The SMILES string of the molecule is CCCS(=O)(=O)c1c(N)nsc1N1CCCC(OCC)C1. The Labute approximate surface area is 130 Å². The lowest BCUT2D eigenvalue weighted by Crippen LogP contribution is -2.40. The molecule has 120 valence electrons. The predicted molar refractivity (Wildman–Crippen MR) is 85.7 cm³/mol. The van der Waals surface area contributed by atoms with Crippen LogP contribution in [0, 0.1) is 0 Å². The maximum Gasteiger partial charge on any atom is 0.185 e. The Balaban J connectivity index is 2.28. The van der Waals surface area contributed by atoms with E-state index in [9.17, 15) is 8.42 Å². The first kappa shape index (κ1) is 16.5. The highest BCUT2D eigenvalue weighted by Gasteiger charge is 2.30. The lowest BCUT2D eigenvalue weighted by atomic mass is 10.1. The van der Waals surface area contributed by atoms with Gasteiger partial charge in [0.1, 0.15) is 9.90 Å². The minimum Gasteiger partial charge on any atom is -0.382 e. The van der Waals surface area contributed by atoms with Crippen molar-refractivity contribution in [1.29, 1.82) is 0 Å². The van der Waals surface area contributed by atoms with E-state index in [1.807, 2.05) is 13.8 Å². The van der Waals surface area contributed by atoms with Gasteiger partial charge in [-0.3, -0.25) is 0 Å². The summed E-state index contributed by atoms with van der Waals surface area (Å²) in [5.74, 6) is 0.229. The van der Waals surface area contributed by atoms with Gasteiger partial charge in [-0.1, -0.05) is 6.92 Å². The van der Waals surface area contributed by atoms with Gasteiger partial charge < -0.3 is 15.4 Å². The van der Waals surface area contributed by atoms with Crippen molar-refractivity contribution in [2.24, 2.45) is 0 Å². The van der Waals surface area contributed by atoms with E-state index in [4.69, 9.17) is 10.5 Å². The second-order valence-corrected chi connectivity index (χ2v) is 7.98. The van der Waals surface area contributed by atoms with Crippen LogP contribution in [0.5, 0.6) is 0 Å². The number of piperidine rings is 1. The summed E-state index contributed by atoms with van der Waals surface area (Å²) >= 11 is 1.17. The van der Waals surface area contributed by atoms with Crippen molar-refractivity contribution >= 4 is 32.2 Å². The van der Waals surface area contributed by atoms with Crippen LogP contribution in [-0.4, -0.2) is 44.3 Å². The van der Waals surface area contributed by atoms with Gasteiger partial charge in [-0.25, -0.2) is 8.42 Å². The van der Waals surface area contributed by atoms with E-state index < -0.39 is 9.84 Å². The zero-order valence-corrected chi connectivity index (χ0v) is 14.2. The molecule has 0 aliphatic carbocycles. The van der Waals surface area contributed by atoms with Crippen LogP contribution in [-0.2, 0) is 14.6 Å². The van der Waals surface area contributed by atoms with E-state index in [1.165, 1.54) is 11.5 Å². The molecule has 21 heavy (non-hydrogen) atoms. The van der Waals surface area contributed by atoms with Gasteiger partial charge in [-0.15, -0.1) is 0 Å². The summed E-state index contributed by atoms with van der Waals surface area (Å²) in [5.41, 5.74) is 5.82. The van der Waals surface area contributed by atoms with Crippen LogP contribution in [0.3, 0.4) is 0 Å². The van der Waals surface area contributed by atoms with Gasteiger partial charge in [0.25, 0.3) is 0 Å². The molecule has 0 bridgehead atoms. The van der Waals surface area contributed by atoms with Crippen LogP contribution in [0.2, 0.25) is 0 Å². The average molecular weight is 333 g/mol. The van der Waals surface area contributed by atoms with Crippen molar-refractivity contribution in [2.45, 2.75) is 44.1 Å². The van der Waals surface area contributed by atoms with E-state index in [1.54, 1.807) is 0 Å². The van der Waals surface area contributed by atoms with E-state index in [-0.39, 0.29) is 22.6 Å². The molecular formula is C13H23N3O3S2. The molecule has 0 saturated carbocycles. The van der Waals surface area contributed by atoms with Crippen LogP contribution >= 0.6 is 11.5 Å². The molecule has 2 heterocycles. The summed E-state index contributed by atoms with van der Waals surface area (Å²) in [6.45, 7) is 6.01. The fourth-order valence-electron chi connectivity index (χ4n) is 2.64.